The van der Waals surface area contributed by atoms with E-state index in [2.05, 4.69) is 25.8 Å². The van der Waals surface area contributed by atoms with Crippen molar-refractivity contribution in [2.24, 2.45) is 5.92 Å². The fraction of sp³-hybridized carbons (Fsp3) is 0.304. The van der Waals surface area contributed by atoms with Gasteiger partial charge in [-0.2, -0.15) is 5.10 Å². The van der Waals surface area contributed by atoms with Crippen LogP contribution in [0.1, 0.15) is 38.3 Å². The third-order valence-corrected chi connectivity index (χ3v) is 6.35. The van der Waals surface area contributed by atoms with Gasteiger partial charge in [0.15, 0.2) is 5.82 Å². The molecule has 8 nitrogen and oxygen atoms in total. The number of anilines is 1. The van der Waals surface area contributed by atoms with Crippen LogP contribution in [0.4, 0.5) is 14.6 Å². The molecule has 3 heterocycles. The number of nitrogens with zero attached hydrogens (tertiary/aromatic N) is 3. The average molecular weight is 487 g/mol. The van der Waals surface area contributed by atoms with Gasteiger partial charge in [-0.25, -0.2) is 13.8 Å². The van der Waals surface area contributed by atoms with Gasteiger partial charge in [0, 0.05) is 34.7 Å². The van der Waals surface area contributed by atoms with Crippen molar-refractivity contribution < 1.29 is 18.4 Å². The van der Waals surface area contributed by atoms with E-state index in [-0.39, 0.29) is 29.3 Å². The van der Waals surface area contributed by atoms with Gasteiger partial charge in [0.2, 0.25) is 11.8 Å². The summed E-state index contributed by atoms with van der Waals surface area (Å²) in [7, 11) is 0. The Morgan fingerprint density at radius 3 is 2.82 bits per heavy atom. The lowest BCUT2D eigenvalue weighted by atomic mass is 9.96. The molecule has 0 bridgehead atoms. The molecule has 1 aliphatic rings. The van der Waals surface area contributed by atoms with Crippen LogP contribution in [-0.2, 0) is 9.59 Å². The van der Waals surface area contributed by atoms with Gasteiger partial charge in [0.1, 0.15) is 17.6 Å². The number of imidazole rings is 1. The van der Waals surface area contributed by atoms with E-state index in [4.69, 9.17) is 11.6 Å². The van der Waals surface area contributed by atoms with E-state index in [0.717, 1.165) is 0 Å². The Hall–Kier alpha value is -3.53. The number of nitrogens with one attached hydrogen (secondary N) is 3. The number of carbonyl (C=O) groups is 2. The Morgan fingerprint density at radius 2 is 2.12 bits per heavy atom. The van der Waals surface area contributed by atoms with Crippen LogP contribution < -0.4 is 10.6 Å². The summed E-state index contributed by atoms with van der Waals surface area (Å²) in [5.74, 6) is -1.60. The molecule has 0 saturated heterocycles. The molecule has 3 atom stereocenters. The molecule has 176 valence electrons. The first kappa shape index (κ1) is 22.3. The summed E-state index contributed by atoms with van der Waals surface area (Å²) in [4.78, 5) is 28.2. The van der Waals surface area contributed by atoms with Gasteiger partial charge < -0.3 is 15.0 Å². The van der Waals surface area contributed by atoms with E-state index in [9.17, 15) is 14.0 Å². The molecule has 1 fully saturated rings. The fourth-order valence-electron chi connectivity index (χ4n) is 4.10. The van der Waals surface area contributed by atoms with E-state index in [1.165, 1.54) is 0 Å². The third-order valence-electron chi connectivity index (χ3n) is 6.00. The summed E-state index contributed by atoms with van der Waals surface area (Å²) >= 11 is 6.52. The topological polar surface area (TPSA) is 104 Å². The molecule has 0 spiro atoms. The standard InChI is InChI=1S/C23H21ClF2N6O2/c1-3-17(33)28-10(2)18-21(26)20(24)19(13-7-27-31-22(13)18)11-4-5-16-29-15(9-32(16)8-11)30-23(34)12-6-14(12)25/h4-5,7-10,12,14H,3,6H2,1-2H3,(H,27,31)(H,28,33)(H,30,34)/t10?,12-,14+/m1/s1. The quantitative estimate of drug-likeness (QED) is 0.372. The molecule has 3 aromatic heterocycles. The van der Waals surface area contributed by atoms with Crippen molar-refractivity contribution in [2.45, 2.75) is 38.9 Å². The lowest BCUT2D eigenvalue weighted by Gasteiger charge is -2.18. The van der Waals surface area contributed by atoms with Crippen molar-refractivity contribution in [3.63, 3.8) is 0 Å². The molecule has 2 amide bonds. The van der Waals surface area contributed by atoms with Crippen LogP contribution in [0, 0.1) is 11.7 Å². The number of pyridine rings is 1. The number of halogens is 3. The Kier molecular flexibility index (Phi) is 5.47. The number of benzene rings is 1. The normalized spacial score (nSPS) is 18.3. The maximum Gasteiger partial charge on any atom is 0.231 e. The highest BCUT2D eigenvalue weighted by Crippen LogP contribution is 2.41. The zero-order valence-corrected chi connectivity index (χ0v) is 19.1. The van der Waals surface area contributed by atoms with Crippen LogP contribution >= 0.6 is 11.6 Å². The second-order valence-electron chi connectivity index (χ2n) is 8.37. The number of fused-ring (bicyclic) bond motifs is 2. The maximum atomic E-state index is 15.5. The van der Waals surface area contributed by atoms with Crippen LogP contribution in [-0.4, -0.2) is 37.6 Å². The molecule has 4 aromatic rings. The number of hydrogen-bond acceptors (Lipinski definition) is 4. The molecular weight excluding hydrogens is 466 g/mol. The summed E-state index contributed by atoms with van der Waals surface area (Å²) in [6.45, 7) is 3.40. The minimum atomic E-state index is -1.10. The zero-order valence-electron chi connectivity index (χ0n) is 18.3. The molecule has 11 heteroatoms. The largest absolute Gasteiger partial charge is 0.349 e. The highest BCUT2D eigenvalue weighted by atomic mass is 35.5. The Balaban J connectivity index is 1.55. The first-order chi connectivity index (χ1) is 16.3. The number of amides is 2. The van der Waals surface area contributed by atoms with Gasteiger partial charge >= 0.3 is 0 Å². The number of aromatic nitrogens is 4. The minimum absolute atomic E-state index is 0.0998. The van der Waals surface area contributed by atoms with E-state index >= 15 is 4.39 Å². The van der Waals surface area contributed by atoms with Crippen molar-refractivity contribution >= 4 is 45.8 Å². The van der Waals surface area contributed by atoms with Crippen LogP contribution in [0.25, 0.3) is 27.7 Å². The van der Waals surface area contributed by atoms with Crippen molar-refractivity contribution in [3.8, 4) is 11.1 Å². The molecule has 0 aliphatic heterocycles. The minimum Gasteiger partial charge on any atom is -0.349 e. The van der Waals surface area contributed by atoms with E-state index < -0.39 is 29.9 Å². The zero-order chi connectivity index (χ0) is 24.1. The number of hydrogen-bond donors (Lipinski definition) is 3. The fourth-order valence-corrected chi connectivity index (χ4v) is 4.41. The Bertz CT molecular complexity index is 1450. The molecule has 1 aliphatic carbocycles. The first-order valence-electron chi connectivity index (χ1n) is 10.9. The Morgan fingerprint density at radius 1 is 1.35 bits per heavy atom. The van der Waals surface area contributed by atoms with Crippen molar-refractivity contribution in [1.82, 2.24) is 24.9 Å². The summed E-state index contributed by atoms with van der Waals surface area (Å²) in [5.41, 5.74) is 2.23. The summed E-state index contributed by atoms with van der Waals surface area (Å²) in [5, 5.41) is 12.8. The molecule has 5 rings (SSSR count). The molecule has 3 N–H and O–H groups in total. The molecule has 1 saturated carbocycles. The first-order valence-corrected chi connectivity index (χ1v) is 11.2. The second kappa shape index (κ2) is 8.35. The van der Waals surface area contributed by atoms with Gasteiger partial charge in [-0.05, 0) is 25.5 Å². The molecular formula is C23H21ClF2N6O2. The maximum absolute atomic E-state index is 15.5. The summed E-state index contributed by atoms with van der Waals surface area (Å²) in [6, 6.07) is 2.82. The number of carbonyl (C=O) groups excluding carboxylic acids is 2. The van der Waals surface area contributed by atoms with Gasteiger partial charge in [-0.15, -0.1) is 0 Å². The van der Waals surface area contributed by atoms with Crippen LogP contribution in [0.5, 0.6) is 0 Å². The highest BCUT2D eigenvalue weighted by molar-refractivity contribution is 6.35. The molecule has 1 unspecified atom stereocenters. The van der Waals surface area contributed by atoms with E-state index in [1.807, 2.05) is 0 Å². The van der Waals surface area contributed by atoms with Crippen LogP contribution in [0.2, 0.25) is 5.02 Å². The van der Waals surface area contributed by atoms with Crippen LogP contribution in [0.3, 0.4) is 0 Å². The van der Waals surface area contributed by atoms with Crippen molar-refractivity contribution in [2.75, 3.05) is 5.32 Å². The SMILES string of the molecule is CCC(=O)NC(C)c1c(F)c(Cl)c(-c2ccc3nc(NC(=O)[C@@H]4C[C@@H]4F)cn3c2)c2cn[nH]c12. The van der Waals surface area contributed by atoms with Crippen molar-refractivity contribution in [1.29, 1.82) is 0 Å². The van der Waals surface area contributed by atoms with Gasteiger partial charge in [0.05, 0.1) is 34.9 Å². The van der Waals surface area contributed by atoms with Crippen LogP contribution in [0.15, 0.2) is 30.7 Å². The van der Waals surface area contributed by atoms with Gasteiger partial charge in [-0.1, -0.05) is 18.5 Å². The summed E-state index contributed by atoms with van der Waals surface area (Å²) < 4.78 is 30.3. The number of aromatic amines is 1. The third kappa shape index (κ3) is 3.77. The molecule has 0 radical (unpaired) electrons. The predicted molar refractivity (Wildman–Crippen MR) is 124 cm³/mol. The highest BCUT2D eigenvalue weighted by Gasteiger charge is 2.43. The molecule has 34 heavy (non-hydrogen) atoms. The van der Waals surface area contributed by atoms with E-state index in [1.54, 1.807) is 49.0 Å². The monoisotopic (exact) mass is 486 g/mol. The lowest BCUT2D eigenvalue weighted by molar-refractivity contribution is -0.121. The van der Waals surface area contributed by atoms with E-state index in [0.29, 0.717) is 33.5 Å². The van der Waals surface area contributed by atoms with Gasteiger partial charge in [0.25, 0.3) is 0 Å². The number of rotatable bonds is 6. The van der Waals surface area contributed by atoms with Crippen molar-refractivity contribution in [3.05, 3.63) is 47.1 Å². The van der Waals surface area contributed by atoms with Gasteiger partial charge in [-0.3, -0.25) is 14.7 Å². The predicted octanol–water partition coefficient (Wildman–Crippen LogP) is 4.55. The average Bonchev–Trinajstić information content (AvgIpc) is 3.17. The smallest absolute Gasteiger partial charge is 0.231 e. The number of alkyl halides is 1. The summed E-state index contributed by atoms with van der Waals surface area (Å²) in [6.07, 6.45) is 4.26. The lowest BCUT2D eigenvalue weighted by Crippen LogP contribution is -2.26. The number of H-pyrrole nitrogens is 1. The Labute approximate surface area is 197 Å². The molecule has 1 aromatic carbocycles. The second-order valence-corrected chi connectivity index (χ2v) is 8.75.